The van der Waals surface area contributed by atoms with E-state index in [0.717, 1.165) is 16.0 Å². The third-order valence-corrected chi connectivity index (χ3v) is 5.39. The molecule has 2 aromatic carbocycles. The summed E-state index contributed by atoms with van der Waals surface area (Å²) in [5.74, 6) is -0.111. The van der Waals surface area contributed by atoms with Gasteiger partial charge in [-0.3, -0.25) is 9.00 Å². The van der Waals surface area contributed by atoms with E-state index in [1.165, 1.54) is 0 Å². The zero-order valence-electron chi connectivity index (χ0n) is 14.1. The Kier molecular flexibility index (Phi) is 4.87. The van der Waals surface area contributed by atoms with Gasteiger partial charge in [-0.1, -0.05) is 12.1 Å². The minimum Gasteiger partial charge on any atom is -0.429 e. The highest BCUT2D eigenvalue weighted by atomic mass is 32.2. The summed E-state index contributed by atoms with van der Waals surface area (Å²) in [6.07, 6.45) is 1.64. The summed E-state index contributed by atoms with van der Waals surface area (Å²) in [6.45, 7) is 1.95. The Balaban J connectivity index is 1.84. The standard InChI is InChI=1S/C18H18N2O3S2/c1-11(12-4-7-14(8-5-12)25(3)22)20(2)17(21)13-6-9-15-16(10-13)23-18(24)19-15/h4-11H,1-3H3,(H,19,24)/t11-,25-/m1/s1. The molecule has 7 heteroatoms. The number of amides is 1. The molecule has 3 aromatic rings. The molecule has 3 rings (SSSR count). The maximum atomic E-state index is 12.8. The fraction of sp³-hybridized carbons (Fsp3) is 0.222. The number of fused-ring (bicyclic) bond motifs is 1. The summed E-state index contributed by atoms with van der Waals surface area (Å²) in [5, 5.41) is 0. The number of carbonyl (C=O) groups is 1. The molecule has 0 aliphatic carbocycles. The van der Waals surface area contributed by atoms with Crippen molar-refractivity contribution in [1.29, 1.82) is 0 Å². The average molecular weight is 374 g/mol. The Labute approximate surface area is 153 Å². The highest BCUT2D eigenvalue weighted by molar-refractivity contribution is 7.84. The number of benzene rings is 2. The number of hydrogen-bond acceptors (Lipinski definition) is 4. The van der Waals surface area contributed by atoms with Crippen LogP contribution in [0.4, 0.5) is 0 Å². The highest BCUT2D eigenvalue weighted by Gasteiger charge is 2.20. The molecular formula is C18H18N2O3S2. The lowest BCUT2D eigenvalue weighted by atomic mass is 10.1. The van der Waals surface area contributed by atoms with Crippen molar-refractivity contribution in [1.82, 2.24) is 9.88 Å². The van der Waals surface area contributed by atoms with Gasteiger partial charge in [-0.15, -0.1) is 0 Å². The van der Waals surface area contributed by atoms with Gasteiger partial charge in [-0.25, -0.2) is 0 Å². The topological polar surface area (TPSA) is 66.3 Å². The summed E-state index contributed by atoms with van der Waals surface area (Å²) < 4.78 is 16.9. The van der Waals surface area contributed by atoms with Crippen LogP contribution in [0.15, 0.2) is 51.8 Å². The van der Waals surface area contributed by atoms with E-state index in [-0.39, 0.29) is 16.8 Å². The van der Waals surface area contributed by atoms with Crippen LogP contribution in [0.1, 0.15) is 28.9 Å². The molecule has 5 nitrogen and oxygen atoms in total. The third kappa shape index (κ3) is 3.57. The first-order valence-corrected chi connectivity index (χ1v) is 9.67. The van der Waals surface area contributed by atoms with Crippen molar-refractivity contribution in [3.8, 4) is 0 Å². The smallest absolute Gasteiger partial charge is 0.266 e. The van der Waals surface area contributed by atoms with Gasteiger partial charge in [-0.2, -0.15) is 0 Å². The molecule has 1 heterocycles. The van der Waals surface area contributed by atoms with Crippen molar-refractivity contribution in [2.24, 2.45) is 0 Å². The first kappa shape index (κ1) is 17.6. The lowest BCUT2D eigenvalue weighted by Gasteiger charge is -2.25. The lowest BCUT2D eigenvalue weighted by Crippen LogP contribution is -2.29. The monoisotopic (exact) mass is 374 g/mol. The van der Waals surface area contributed by atoms with Gasteiger partial charge in [-0.05, 0) is 55.0 Å². The van der Waals surface area contributed by atoms with Gasteiger partial charge in [0.2, 0.25) is 0 Å². The zero-order valence-corrected chi connectivity index (χ0v) is 15.7. The predicted molar refractivity (Wildman–Crippen MR) is 101 cm³/mol. The first-order valence-electron chi connectivity index (χ1n) is 7.70. The number of nitrogens with zero attached hydrogens (tertiary/aromatic N) is 1. The molecule has 0 bridgehead atoms. The van der Waals surface area contributed by atoms with Crippen molar-refractivity contribution in [3.63, 3.8) is 0 Å². The van der Waals surface area contributed by atoms with E-state index in [0.29, 0.717) is 11.1 Å². The van der Waals surface area contributed by atoms with Crippen molar-refractivity contribution in [2.75, 3.05) is 13.3 Å². The highest BCUT2D eigenvalue weighted by Crippen LogP contribution is 2.23. The van der Waals surface area contributed by atoms with Gasteiger partial charge in [0.05, 0.1) is 11.6 Å². The molecule has 1 amide bonds. The van der Waals surface area contributed by atoms with E-state index < -0.39 is 10.8 Å². The molecule has 0 aliphatic rings. The van der Waals surface area contributed by atoms with Crippen LogP contribution in [0, 0.1) is 4.84 Å². The number of nitrogens with one attached hydrogen (secondary N) is 1. The zero-order chi connectivity index (χ0) is 18.1. The summed E-state index contributed by atoms with van der Waals surface area (Å²) in [4.78, 5) is 18.4. The van der Waals surface area contributed by atoms with E-state index in [1.807, 2.05) is 31.2 Å². The minimum absolute atomic E-state index is 0.111. The predicted octanol–water partition coefficient (Wildman–Crippen LogP) is 4.06. The number of hydrogen-bond donors (Lipinski definition) is 1. The van der Waals surface area contributed by atoms with Gasteiger partial charge >= 0.3 is 0 Å². The number of carbonyl (C=O) groups excluding carboxylic acids is 1. The summed E-state index contributed by atoms with van der Waals surface area (Å²) in [5.41, 5.74) is 2.84. The fourth-order valence-electron chi connectivity index (χ4n) is 2.62. The molecule has 0 fully saturated rings. The van der Waals surface area contributed by atoms with E-state index in [9.17, 15) is 9.00 Å². The summed E-state index contributed by atoms with van der Waals surface area (Å²) in [6, 6.07) is 12.6. The molecular weight excluding hydrogens is 356 g/mol. The second-order valence-corrected chi connectivity index (χ2v) is 7.59. The lowest BCUT2D eigenvalue weighted by molar-refractivity contribution is 0.0742. The van der Waals surface area contributed by atoms with E-state index in [4.69, 9.17) is 16.6 Å². The molecule has 0 radical (unpaired) electrons. The number of aromatic amines is 1. The van der Waals surface area contributed by atoms with E-state index >= 15 is 0 Å². The van der Waals surface area contributed by atoms with Gasteiger partial charge in [0.25, 0.3) is 10.7 Å². The van der Waals surface area contributed by atoms with E-state index in [2.05, 4.69) is 4.98 Å². The van der Waals surface area contributed by atoms with Crippen LogP contribution in [0.3, 0.4) is 0 Å². The minimum atomic E-state index is -1.01. The van der Waals surface area contributed by atoms with Crippen LogP contribution in [-0.2, 0) is 10.8 Å². The molecule has 0 aliphatic heterocycles. The summed E-state index contributed by atoms with van der Waals surface area (Å²) in [7, 11) is 0.746. The van der Waals surface area contributed by atoms with E-state index in [1.54, 1.807) is 36.4 Å². The Morgan fingerprint density at radius 3 is 2.56 bits per heavy atom. The fourth-order valence-corrected chi connectivity index (χ4v) is 3.34. The van der Waals surface area contributed by atoms with Crippen LogP contribution in [0.25, 0.3) is 11.1 Å². The molecule has 0 saturated heterocycles. The maximum absolute atomic E-state index is 12.8. The third-order valence-electron chi connectivity index (χ3n) is 4.26. The number of rotatable bonds is 4. The molecule has 0 saturated carbocycles. The second-order valence-electron chi connectivity index (χ2n) is 5.84. The summed E-state index contributed by atoms with van der Waals surface area (Å²) >= 11 is 4.97. The van der Waals surface area contributed by atoms with Crippen LogP contribution >= 0.6 is 12.2 Å². The Morgan fingerprint density at radius 2 is 1.92 bits per heavy atom. The average Bonchev–Trinajstić information content (AvgIpc) is 2.99. The van der Waals surface area contributed by atoms with Crippen LogP contribution < -0.4 is 0 Å². The van der Waals surface area contributed by atoms with Crippen molar-refractivity contribution in [2.45, 2.75) is 17.9 Å². The molecule has 2 atom stereocenters. The molecule has 25 heavy (non-hydrogen) atoms. The molecule has 130 valence electrons. The number of aromatic nitrogens is 1. The Morgan fingerprint density at radius 1 is 1.24 bits per heavy atom. The van der Waals surface area contributed by atoms with Crippen LogP contribution in [-0.4, -0.2) is 33.3 Å². The molecule has 1 aromatic heterocycles. The largest absolute Gasteiger partial charge is 0.429 e. The Hall–Kier alpha value is -2.25. The van der Waals surface area contributed by atoms with Crippen molar-refractivity contribution < 1.29 is 13.4 Å². The SMILES string of the molecule is C[C@H](c1ccc([S@@](C)=O)cc1)N(C)C(=O)c1ccc2[nH]c(=S)oc2c1. The second kappa shape index (κ2) is 6.93. The quantitative estimate of drug-likeness (QED) is 0.700. The number of oxazole rings is 1. The molecule has 0 unspecified atom stereocenters. The first-order chi connectivity index (χ1) is 11.9. The van der Waals surface area contributed by atoms with Gasteiger partial charge in [0, 0.05) is 34.6 Å². The van der Waals surface area contributed by atoms with Crippen molar-refractivity contribution in [3.05, 3.63) is 58.4 Å². The normalized spacial score (nSPS) is 13.6. The maximum Gasteiger partial charge on any atom is 0.266 e. The van der Waals surface area contributed by atoms with Gasteiger partial charge in [0.1, 0.15) is 0 Å². The van der Waals surface area contributed by atoms with Gasteiger partial charge < -0.3 is 14.3 Å². The molecule has 1 N–H and O–H groups in total. The Bertz CT molecular complexity index is 1010. The van der Waals surface area contributed by atoms with Crippen LogP contribution in [0.2, 0.25) is 0 Å². The van der Waals surface area contributed by atoms with Crippen molar-refractivity contribution >= 4 is 40.0 Å². The van der Waals surface area contributed by atoms with Crippen LogP contribution in [0.5, 0.6) is 0 Å². The number of H-pyrrole nitrogens is 1. The van der Waals surface area contributed by atoms with Gasteiger partial charge in [0.15, 0.2) is 5.58 Å². The molecule has 0 spiro atoms.